The van der Waals surface area contributed by atoms with Gasteiger partial charge < -0.3 is 30.9 Å². The van der Waals surface area contributed by atoms with Crippen molar-refractivity contribution < 1.29 is 19.7 Å². The van der Waals surface area contributed by atoms with E-state index >= 15 is 0 Å². The Bertz CT molecular complexity index is 1190. The van der Waals surface area contributed by atoms with Crippen LogP contribution in [0.25, 0.3) is 11.2 Å². The zero-order valence-electron chi connectivity index (χ0n) is 21.3. The van der Waals surface area contributed by atoms with Gasteiger partial charge in [-0.25, -0.2) is 9.97 Å². The molecule has 0 aliphatic carbocycles. The Morgan fingerprint density at radius 1 is 1.17 bits per heavy atom. The third kappa shape index (κ3) is 5.67. The molecule has 4 rings (SSSR count). The van der Waals surface area contributed by atoms with Crippen LogP contribution in [0, 0.1) is 0 Å². The highest BCUT2D eigenvalue weighted by atomic mass is 16.6. The monoisotopic (exact) mass is 496 g/mol. The minimum atomic E-state index is -1.14. The van der Waals surface area contributed by atoms with E-state index in [-0.39, 0.29) is 11.3 Å². The molecule has 1 aliphatic heterocycles. The Kier molecular flexibility index (Phi) is 7.60. The number of aliphatic hydroxyl groups excluding tert-OH is 2. The third-order valence-electron chi connectivity index (χ3n) is 6.57. The normalized spacial score (nSPS) is 22.4. The van der Waals surface area contributed by atoms with Crippen molar-refractivity contribution in [2.45, 2.75) is 63.6 Å². The Balaban J connectivity index is 1.25. The third-order valence-corrected chi connectivity index (χ3v) is 6.57. The smallest absolute Gasteiger partial charge is 0.224 e. The lowest BCUT2D eigenvalue weighted by Gasteiger charge is -2.22. The van der Waals surface area contributed by atoms with Crippen LogP contribution in [0.3, 0.4) is 0 Å². The predicted octanol–water partition coefficient (Wildman–Crippen LogP) is 2.28. The van der Waals surface area contributed by atoms with Gasteiger partial charge in [0.05, 0.1) is 12.0 Å². The van der Waals surface area contributed by atoms with Crippen LogP contribution in [0.15, 0.2) is 42.9 Å². The zero-order chi connectivity index (χ0) is 26.0. The van der Waals surface area contributed by atoms with Gasteiger partial charge in [-0.05, 0) is 49.2 Å². The molecule has 3 aromatic rings. The fourth-order valence-electron chi connectivity index (χ4n) is 4.43. The number of anilines is 2. The molecular weight excluding hydrogens is 460 g/mol. The molecule has 1 amide bonds. The van der Waals surface area contributed by atoms with Gasteiger partial charge in [-0.3, -0.25) is 9.36 Å². The molecular formula is C26H36N6O4. The number of benzene rings is 1. The lowest BCUT2D eigenvalue weighted by Crippen LogP contribution is -2.39. The Morgan fingerprint density at radius 3 is 2.58 bits per heavy atom. The Labute approximate surface area is 211 Å². The van der Waals surface area contributed by atoms with Crippen LogP contribution in [0.2, 0.25) is 0 Å². The number of nitrogens with zero attached hydrogens (tertiary/aromatic N) is 4. The molecule has 5 N–H and O–H groups in total. The lowest BCUT2D eigenvalue weighted by atomic mass is 9.87. The van der Waals surface area contributed by atoms with Crippen molar-refractivity contribution in [3.8, 4) is 0 Å². The number of likely N-dealkylation sites (N-methyl/N-ethyl adjacent to an activating group) is 1. The highest BCUT2D eigenvalue weighted by molar-refractivity contribution is 5.90. The average Bonchev–Trinajstić information content (AvgIpc) is 3.36. The molecule has 194 valence electrons. The molecule has 0 bridgehead atoms. The van der Waals surface area contributed by atoms with Gasteiger partial charge in [-0.2, -0.15) is 0 Å². The molecule has 1 saturated heterocycles. The van der Waals surface area contributed by atoms with Crippen molar-refractivity contribution in [1.82, 2.24) is 19.4 Å². The largest absolute Gasteiger partial charge is 0.397 e. The molecule has 0 radical (unpaired) electrons. The van der Waals surface area contributed by atoms with E-state index in [9.17, 15) is 15.0 Å². The maximum absolute atomic E-state index is 12.4. The number of pyridine rings is 1. The maximum atomic E-state index is 12.4. The van der Waals surface area contributed by atoms with E-state index in [1.165, 1.54) is 11.9 Å². The SMILES string of the molecule is CN(CCCC(=O)Nc1ccc(C(C)(C)C)cc1)C[C@H]1O[C@@H](n2cnc3c(N)ccnc32)[C@H](O)[C@@H]1O. The summed E-state index contributed by atoms with van der Waals surface area (Å²) in [6, 6.07) is 9.59. The van der Waals surface area contributed by atoms with Gasteiger partial charge in [0.1, 0.15) is 23.8 Å². The van der Waals surface area contributed by atoms with Gasteiger partial charge in [0.25, 0.3) is 0 Å². The molecule has 3 heterocycles. The highest BCUT2D eigenvalue weighted by Crippen LogP contribution is 2.32. The highest BCUT2D eigenvalue weighted by Gasteiger charge is 2.44. The summed E-state index contributed by atoms with van der Waals surface area (Å²) in [7, 11) is 1.90. The molecule has 1 aromatic carbocycles. The van der Waals surface area contributed by atoms with Gasteiger partial charge in [-0.1, -0.05) is 32.9 Å². The van der Waals surface area contributed by atoms with Crippen LogP contribution < -0.4 is 11.1 Å². The van der Waals surface area contributed by atoms with E-state index in [0.717, 1.165) is 5.69 Å². The van der Waals surface area contributed by atoms with Gasteiger partial charge in [0, 0.05) is 24.8 Å². The fourth-order valence-corrected chi connectivity index (χ4v) is 4.43. The van der Waals surface area contributed by atoms with Crippen LogP contribution in [0.1, 0.15) is 45.4 Å². The van der Waals surface area contributed by atoms with Crippen LogP contribution in [0.5, 0.6) is 0 Å². The van der Waals surface area contributed by atoms with Gasteiger partial charge in [-0.15, -0.1) is 0 Å². The first-order chi connectivity index (χ1) is 17.0. The average molecular weight is 497 g/mol. The van der Waals surface area contributed by atoms with E-state index in [4.69, 9.17) is 10.5 Å². The van der Waals surface area contributed by atoms with E-state index < -0.39 is 24.5 Å². The summed E-state index contributed by atoms with van der Waals surface area (Å²) in [6.07, 6.45) is 0.448. The van der Waals surface area contributed by atoms with Crippen molar-refractivity contribution >= 4 is 28.4 Å². The number of nitrogens with two attached hydrogens (primary N) is 1. The number of imidazole rings is 1. The molecule has 1 fully saturated rings. The second-order valence-electron chi connectivity index (χ2n) is 10.5. The lowest BCUT2D eigenvalue weighted by molar-refractivity contribution is -0.116. The molecule has 0 spiro atoms. The van der Waals surface area contributed by atoms with Crippen LogP contribution in [0.4, 0.5) is 11.4 Å². The van der Waals surface area contributed by atoms with Crippen molar-refractivity contribution in [1.29, 1.82) is 0 Å². The number of nitrogens with one attached hydrogen (secondary N) is 1. The molecule has 0 saturated carbocycles. The van der Waals surface area contributed by atoms with E-state index in [2.05, 4.69) is 36.1 Å². The van der Waals surface area contributed by atoms with Gasteiger partial charge in [0.2, 0.25) is 5.91 Å². The summed E-state index contributed by atoms with van der Waals surface area (Å²) < 4.78 is 7.61. The first-order valence-electron chi connectivity index (χ1n) is 12.2. The first kappa shape index (κ1) is 26.0. The molecule has 10 heteroatoms. The topological polar surface area (TPSA) is 139 Å². The summed E-state index contributed by atoms with van der Waals surface area (Å²) in [5, 5.41) is 24.2. The fraction of sp³-hybridized carbons (Fsp3) is 0.500. The first-order valence-corrected chi connectivity index (χ1v) is 12.2. The number of amides is 1. The number of rotatable bonds is 8. The minimum absolute atomic E-state index is 0.0432. The Morgan fingerprint density at radius 2 is 1.89 bits per heavy atom. The summed E-state index contributed by atoms with van der Waals surface area (Å²) in [6.45, 7) is 7.49. The molecule has 1 aliphatic rings. The Hall–Kier alpha value is -3.05. The summed E-state index contributed by atoms with van der Waals surface area (Å²) in [4.78, 5) is 22.9. The van der Waals surface area contributed by atoms with Crippen LogP contribution >= 0.6 is 0 Å². The van der Waals surface area contributed by atoms with E-state index in [1.807, 2.05) is 36.2 Å². The van der Waals surface area contributed by atoms with Crippen LogP contribution in [-0.2, 0) is 14.9 Å². The molecule has 10 nitrogen and oxygen atoms in total. The number of carbonyl (C=O) groups excluding carboxylic acids is 1. The van der Waals surface area contributed by atoms with Crippen molar-refractivity contribution in [3.63, 3.8) is 0 Å². The maximum Gasteiger partial charge on any atom is 0.224 e. The summed E-state index contributed by atoms with van der Waals surface area (Å²) in [5.41, 5.74) is 9.50. The molecule has 4 atom stereocenters. The minimum Gasteiger partial charge on any atom is -0.397 e. The standard InChI is InChI=1S/C26H36N6O4/c1-26(2,3)16-7-9-17(10-8-16)30-20(33)6-5-13-31(4)14-19-22(34)23(35)25(36-19)32-15-29-21-18(27)11-12-28-24(21)32/h7-12,15,19,22-23,25,34-35H,5-6,13-14H2,1-4H3,(H2,27,28)(H,30,33)/t19-,22-,23-,25-/m1/s1. The molecule has 0 unspecified atom stereocenters. The van der Waals surface area contributed by atoms with Gasteiger partial charge in [0.15, 0.2) is 11.9 Å². The predicted molar refractivity (Wildman–Crippen MR) is 138 cm³/mol. The number of hydrogen-bond acceptors (Lipinski definition) is 8. The second kappa shape index (κ2) is 10.5. The van der Waals surface area contributed by atoms with Crippen molar-refractivity contribution in [2.75, 3.05) is 31.2 Å². The number of nitrogen functional groups attached to an aromatic ring is 1. The summed E-state index contributed by atoms with van der Waals surface area (Å²) in [5.74, 6) is -0.0432. The number of ether oxygens (including phenoxy) is 1. The van der Waals surface area contributed by atoms with E-state index in [0.29, 0.717) is 42.8 Å². The van der Waals surface area contributed by atoms with Crippen molar-refractivity contribution in [2.24, 2.45) is 0 Å². The van der Waals surface area contributed by atoms with Crippen LogP contribution in [-0.4, -0.2) is 74.0 Å². The number of aromatic nitrogens is 3. The second-order valence-corrected chi connectivity index (χ2v) is 10.5. The molecule has 2 aromatic heterocycles. The quantitative estimate of drug-likeness (QED) is 0.373. The van der Waals surface area contributed by atoms with E-state index in [1.54, 1.807) is 16.8 Å². The van der Waals surface area contributed by atoms with Crippen molar-refractivity contribution in [3.05, 3.63) is 48.4 Å². The molecule has 36 heavy (non-hydrogen) atoms. The number of carbonyl (C=O) groups is 1. The van der Waals surface area contributed by atoms with Gasteiger partial charge >= 0.3 is 0 Å². The summed E-state index contributed by atoms with van der Waals surface area (Å²) >= 11 is 0. The number of aliphatic hydroxyl groups is 2. The number of hydrogen-bond donors (Lipinski definition) is 4. The zero-order valence-corrected chi connectivity index (χ0v) is 21.3. The number of fused-ring (bicyclic) bond motifs is 1.